The minimum absolute atomic E-state index is 0.784. The van der Waals surface area contributed by atoms with Crippen molar-refractivity contribution in [2.45, 2.75) is 38.8 Å². The third-order valence-corrected chi connectivity index (χ3v) is 6.12. The second kappa shape index (κ2) is 7.44. The number of para-hydroxylation sites is 1. The van der Waals surface area contributed by atoms with E-state index in [1.165, 1.54) is 47.7 Å². The van der Waals surface area contributed by atoms with Crippen molar-refractivity contribution >= 4 is 22.5 Å². The molecule has 0 fully saturated rings. The van der Waals surface area contributed by atoms with E-state index in [1.54, 1.807) is 11.3 Å². The summed E-state index contributed by atoms with van der Waals surface area (Å²) >= 11 is 5.99. The smallest absolute Gasteiger partial charge is 0.173 e. The topological polar surface area (TPSA) is 8.81 Å². The molecule has 28 heavy (non-hydrogen) atoms. The second-order valence-corrected chi connectivity index (χ2v) is 8.18. The molecule has 0 amide bonds. The van der Waals surface area contributed by atoms with Gasteiger partial charge < -0.3 is 4.57 Å². The van der Waals surface area contributed by atoms with Crippen molar-refractivity contribution in [3.05, 3.63) is 100 Å². The van der Waals surface area contributed by atoms with Gasteiger partial charge in [0, 0.05) is 45.9 Å². The Balaban J connectivity index is 1.41. The van der Waals surface area contributed by atoms with Crippen molar-refractivity contribution in [3.63, 3.8) is 0 Å². The van der Waals surface area contributed by atoms with Gasteiger partial charge in [-0.2, -0.15) is 0 Å². The SMILES string of the molecule is Clc1ccc(C[n+]2ccc(Cn3c4c(c5ccccc53)CCCC4)cc2)cc1. The number of aromatic nitrogens is 2. The average molecular weight is 388 g/mol. The molecule has 2 aromatic carbocycles. The largest absolute Gasteiger partial charge is 0.340 e. The second-order valence-electron chi connectivity index (χ2n) is 7.74. The summed E-state index contributed by atoms with van der Waals surface area (Å²) in [5, 5.41) is 2.23. The number of hydrogen-bond donors (Lipinski definition) is 0. The molecule has 2 nitrogen and oxygen atoms in total. The van der Waals surface area contributed by atoms with Gasteiger partial charge in [0.2, 0.25) is 0 Å². The number of aryl methyl sites for hydroxylation is 1. The Morgan fingerprint density at radius 3 is 2.39 bits per heavy atom. The van der Waals surface area contributed by atoms with Crippen molar-refractivity contribution in [2.24, 2.45) is 0 Å². The molecule has 0 spiro atoms. The lowest BCUT2D eigenvalue weighted by Gasteiger charge is -2.16. The van der Waals surface area contributed by atoms with Crippen LogP contribution >= 0.6 is 11.6 Å². The molecule has 4 aromatic rings. The molecule has 0 saturated heterocycles. The van der Waals surface area contributed by atoms with Crippen LogP contribution in [0, 0.1) is 0 Å². The van der Waals surface area contributed by atoms with Gasteiger partial charge in [-0.15, -0.1) is 0 Å². The van der Waals surface area contributed by atoms with Crippen molar-refractivity contribution in [2.75, 3.05) is 0 Å². The third-order valence-electron chi connectivity index (χ3n) is 5.86. The molecule has 0 atom stereocenters. The van der Waals surface area contributed by atoms with Crippen LogP contribution in [0.2, 0.25) is 5.02 Å². The van der Waals surface area contributed by atoms with Gasteiger partial charge >= 0.3 is 0 Å². The summed E-state index contributed by atoms with van der Waals surface area (Å²) in [5.74, 6) is 0. The maximum absolute atomic E-state index is 5.99. The minimum Gasteiger partial charge on any atom is -0.340 e. The number of hydrogen-bond acceptors (Lipinski definition) is 0. The molecule has 2 heterocycles. The molecular weight excluding hydrogens is 364 g/mol. The quantitative estimate of drug-likeness (QED) is 0.405. The van der Waals surface area contributed by atoms with Gasteiger partial charge in [0.15, 0.2) is 18.9 Å². The summed E-state index contributed by atoms with van der Waals surface area (Å²) in [6.45, 7) is 1.80. The lowest BCUT2D eigenvalue weighted by Crippen LogP contribution is -2.33. The van der Waals surface area contributed by atoms with E-state index in [2.05, 4.69) is 70.1 Å². The maximum atomic E-state index is 5.99. The standard InChI is InChI=1S/C25H24ClN2/c26-21-11-9-19(10-12-21)17-27-15-13-20(14-16-27)18-28-24-7-3-1-5-22(24)23-6-2-4-8-25(23)28/h1,3,5,7,9-16H,2,4,6,8,17-18H2/q+1. The molecule has 0 radical (unpaired) electrons. The van der Waals surface area contributed by atoms with Crippen LogP contribution in [0.4, 0.5) is 0 Å². The van der Waals surface area contributed by atoms with Crippen LogP contribution in [0.1, 0.15) is 35.2 Å². The molecule has 5 rings (SSSR count). The summed E-state index contributed by atoms with van der Waals surface area (Å²) in [4.78, 5) is 0. The Morgan fingerprint density at radius 2 is 1.57 bits per heavy atom. The van der Waals surface area contributed by atoms with E-state index >= 15 is 0 Å². The Kier molecular flexibility index (Phi) is 4.66. The Morgan fingerprint density at radius 1 is 0.821 bits per heavy atom. The highest BCUT2D eigenvalue weighted by Crippen LogP contribution is 2.32. The fraction of sp³-hybridized carbons (Fsp3) is 0.240. The number of benzene rings is 2. The predicted octanol–water partition coefficient (Wildman–Crippen LogP) is 5.56. The van der Waals surface area contributed by atoms with Gasteiger partial charge in [0.25, 0.3) is 0 Å². The highest BCUT2D eigenvalue weighted by atomic mass is 35.5. The fourth-order valence-corrected chi connectivity index (χ4v) is 4.58. The van der Waals surface area contributed by atoms with Crippen LogP contribution in [0.15, 0.2) is 73.1 Å². The van der Waals surface area contributed by atoms with E-state index in [-0.39, 0.29) is 0 Å². The lowest BCUT2D eigenvalue weighted by atomic mass is 9.95. The van der Waals surface area contributed by atoms with E-state index < -0.39 is 0 Å². The van der Waals surface area contributed by atoms with Gasteiger partial charge in [-0.25, -0.2) is 4.57 Å². The first-order valence-electron chi connectivity index (χ1n) is 10.1. The summed E-state index contributed by atoms with van der Waals surface area (Å²) in [6, 6.07) is 21.5. The van der Waals surface area contributed by atoms with Crippen molar-refractivity contribution in [3.8, 4) is 0 Å². The molecule has 2 aromatic heterocycles. The van der Waals surface area contributed by atoms with Gasteiger partial charge in [-0.3, -0.25) is 0 Å². The van der Waals surface area contributed by atoms with Crippen LogP contribution in [0.3, 0.4) is 0 Å². The van der Waals surface area contributed by atoms with Crippen molar-refractivity contribution < 1.29 is 4.57 Å². The zero-order chi connectivity index (χ0) is 18.9. The maximum Gasteiger partial charge on any atom is 0.173 e. The summed E-state index contributed by atoms with van der Waals surface area (Å²) in [5.41, 5.74) is 7.11. The van der Waals surface area contributed by atoms with Gasteiger partial charge in [-0.05, 0) is 55.0 Å². The van der Waals surface area contributed by atoms with Gasteiger partial charge in [-0.1, -0.05) is 41.9 Å². The number of rotatable bonds is 4. The van der Waals surface area contributed by atoms with Crippen LogP contribution in [0.5, 0.6) is 0 Å². The molecule has 1 aliphatic rings. The number of halogens is 1. The van der Waals surface area contributed by atoms with E-state index in [1.807, 2.05) is 12.1 Å². The minimum atomic E-state index is 0.784. The van der Waals surface area contributed by atoms with Crippen molar-refractivity contribution in [1.29, 1.82) is 0 Å². The summed E-state index contributed by atoms with van der Waals surface area (Å²) in [6.07, 6.45) is 9.41. The Labute approximate surface area is 171 Å². The molecule has 0 bridgehead atoms. The molecular formula is C25H24ClN2+. The molecule has 140 valence electrons. The number of nitrogens with zero attached hydrogens (tertiary/aromatic N) is 2. The van der Waals surface area contributed by atoms with Crippen LogP contribution < -0.4 is 4.57 Å². The number of fused-ring (bicyclic) bond motifs is 3. The first kappa shape index (κ1) is 17.5. The first-order valence-corrected chi connectivity index (χ1v) is 10.5. The summed E-state index contributed by atoms with van der Waals surface area (Å²) in [7, 11) is 0. The van der Waals surface area contributed by atoms with Crippen LogP contribution in [-0.2, 0) is 25.9 Å². The normalized spacial score (nSPS) is 13.6. The Bertz CT molecular complexity index is 1110. The van der Waals surface area contributed by atoms with E-state index in [4.69, 9.17) is 11.6 Å². The van der Waals surface area contributed by atoms with Gasteiger partial charge in [0.05, 0.1) is 0 Å². The molecule has 0 unspecified atom stereocenters. The van der Waals surface area contributed by atoms with E-state index in [0.717, 1.165) is 18.1 Å². The Hall–Kier alpha value is -2.58. The lowest BCUT2D eigenvalue weighted by molar-refractivity contribution is -0.688. The molecule has 0 saturated carbocycles. The highest BCUT2D eigenvalue weighted by Gasteiger charge is 2.19. The highest BCUT2D eigenvalue weighted by molar-refractivity contribution is 6.30. The van der Waals surface area contributed by atoms with E-state index in [0.29, 0.717) is 0 Å². The molecule has 0 N–H and O–H groups in total. The average Bonchev–Trinajstić information content (AvgIpc) is 3.05. The van der Waals surface area contributed by atoms with Crippen LogP contribution in [-0.4, -0.2) is 4.57 Å². The summed E-state index contributed by atoms with van der Waals surface area (Å²) < 4.78 is 4.76. The van der Waals surface area contributed by atoms with Crippen LogP contribution in [0.25, 0.3) is 10.9 Å². The predicted molar refractivity (Wildman–Crippen MR) is 115 cm³/mol. The zero-order valence-corrected chi connectivity index (χ0v) is 16.7. The third kappa shape index (κ3) is 3.33. The van der Waals surface area contributed by atoms with Crippen molar-refractivity contribution in [1.82, 2.24) is 4.57 Å². The van der Waals surface area contributed by atoms with E-state index in [9.17, 15) is 0 Å². The fourth-order valence-electron chi connectivity index (χ4n) is 4.45. The molecule has 3 heteroatoms. The van der Waals surface area contributed by atoms with Gasteiger partial charge in [0.1, 0.15) is 0 Å². The monoisotopic (exact) mass is 387 g/mol. The molecule has 1 aliphatic carbocycles. The molecule has 0 aliphatic heterocycles. The first-order chi connectivity index (χ1) is 13.8. The number of pyridine rings is 1. The zero-order valence-electron chi connectivity index (χ0n) is 15.9.